The molecule has 2 amide bonds. The van der Waals surface area contributed by atoms with Gasteiger partial charge in [0, 0.05) is 17.6 Å². The number of aromatic nitrogens is 1. The summed E-state index contributed by atoms with van der Waals surface area (Å²) < 4.78 is 13.3. The second-order valence-corrected chi connectivity index (χ2v) is 5.94. The number of halogens is 2. The number of hydrogen-bond donors (Lipinski definition) is 3. The molecule has 0 aliphatic heterocycles. The van der Waals surface area contributed by atoms with Crippen molar-refractivity contribution < 1.29 is 14.3 Å². The van der Waals surface area contributed by atoms with Crippen molar-refractivity contribution in [3.8, 4) is 0 Å². The highest BCUT2D eigenvalue weighted by atomic mass is 35.5. The van der Waals surface area contributed by atoms with E-state index >= 15 is 0 Å². The fourth-order valence-corrected chi connectivity index (χ4v) is 2.36. The number of rotatable bonds is 4. The van der Waals surface area contributed by atoms with Crippen LogP contribution in [0.1, 0.15) is 16.5 Å². The van der Waals surface area contributed by atoms with Crippen LogP contribution in [0.5, 0.6) is 0 Å². The van der Waals surface area contributed by atoms with Crippen LogP contribution in [0.2, 0.25) is 5.02 Å². The highest BCUT2D eigenvalue weighted by Gasteiger charge is 2.12. The molecule has 1 atom stereocenters. The molecule has 0 fully saturated rings. The predicted molar refractivity (Wildman–Crippen MR) is 80.2 cm³/mol. The van der Waals surface area contributed by atoms with Crippen molar-refractivity contribution in [2.24, 2.45) is 0 Å². The van der Waals surface area contributed by atoms with E-state index in [4.69, 9.17) is 11.6 Å². The summed E-state index contributed by atoms with van der Waals surface area (Å²) in [5, 5.41) is 15.4. The average molecular weight is 330 g/mol. The second-order valence-electron chi connectivity index (χ2n) is 4.30. The summed E-state index contributed by atoms with van der Waals surface area (Å²) in [6.45, 7) is 1.82. The van der Waals surface area contributed by atoms with Crippen LogP contribution in [0.15, 0.2) is 24.4 Å². The minimum Gasteiger partial charge on any atom is -0.387 e. The molecule has 21 heavy (non-hydrogen) atoms. The molecule has 0 saturated heterocycles. The van der Waals surface area contributed by atoms with Gasteiger partial charge in [0.05, 0.1) is 11.1 Å². The van der Waals surface area contributed by atoms with Crippen LogP contribution >= 0.6 is 22.9 Å². The lowest BCUT2D eigenvalue weighted by Crippen LogP contribution is -2.32. The standard InChI is InChI=1S/C13H13ClFN3O2S/c1-7-5-17-13(21-7)18-12(20)16-6-11(19)8-2-3-9(14)10(15)4-8/h2-5,11,19H,6H2,1H3,(H2,16,17,18,20). The molecule has 3 N–H and O–H groups in total. The molecule has 0 aliphatic carbocycles. The van der Waals surface area contributed by atoms with E-state index in [2.05, 4.69) is 15.6 Å². The first-order chi connectivity index (χ1) is 9.95. The minimum atomic E-state index is -1.03. The summed E-state index contributed by atoms with van der Waals surface area (Å²) in [5.74, 6) is -0.615. The summed E-state index contributed by atoms with van der Waals surface area (Å²) in [7, 11) is 0. The van der Waals surface area contributed by atoms with Gasteiger partial charge < -0.3 is 10.4 Å². The predicted octanol–water partition coefficient (Wildman–Crippen LogP) is 3.10. The van der Waals surface area contributed by atoms with Crippen molar-refractivity contribution in [1.82, 2.24) is 10.3 Å². The molecular weight excluding hydrogens is 317 g/mol. The van der Waals surface area contributed by atoms with Crippen LogP contribution in [0.25, 0.3) is 0 Å². The van der Waals surface area contributed by atoms with E-state index < -0.39 is 18.0 Å². The fraction of sp³-hybridized carbons (Fsp3) is 0.231. The number of aliphatic hydroxyl groups excluding tert-OH is 1. The van der Waals surface area contributed by atoms with Crippen LogP contribution in [0, 0.1) is 12.7 Å². The second kappa shape index (κ2) is 6.84. The Morgan fingerprint density at radius 2 is 2.33 bits per heavy atom. The van der Waals surface area contributed by atoms with Crippen molar-refractivity contribution in [2.45, 2.75) is 13.0 Å². The summed E-state index contributed by atoms with van der Waals surface area (Å²) >= 11 is 6.90. The lowest BCUT2D eigenvalue weighted by atomic mass is 10.1. The lowest BCUT2D eigenvalue weighted by molar-refractivity contribution is 0.174. The Morgan fingerprint density at radius 3 is 2.95 bits per heavy atom. The quantitative estimate of drug-likeness (QED) is 0.807. The summed E-state index contributed by atoms with van der Waals surface area (Å²) in [4.78, 5) is 16.6. The molecule has 8 heteroatoms. The smallest absolute Gasteiger partial charge is 0.321 e. The fourth-order valence-electron chi connectivity index (χ4n) is 1.58. The molecule has 5 nitrogen and oxygen atoms in total. The number of carbonyl (C=O) groups is 1. The summed E-state index contributed by atoms with van der Waals surface area (Å²) in [5.41, 5.74) is 0.335. The van der Waals surface area contributed by atoms with Crippen LogP contribution in [0.3, 0.4) is 0 Å². The highest BCUT2D eigenvalue weighted by molar-refractivity contribution is 7.15. The van der Waals surface area contributed by atoms with Gasteiger partial charge in [-0.15, -0.1) is 11.3 Å². The SMILES string of the molecule is Cc1cnc(NC(=O)NCC(O)c2ccc(Cl)c(F)c2)s1. The van der Waals surface area contributed by atoms with E-state index in [1.165, 1.54) is 23.5 Å². The van der Waals surface area contributed by atoms with E-state index in [1.54, 1.807) is 6.20 Å². The Balaban J connectivity index is 1.86. The zero-order valence-corrected chi connectivity index (χ0v) is 12.6. The number of urea groups is 1. The molecule has 1 aromatic carbocycles. The van der Waals surface area contributed by atoms with E-state index in [-0.39, 0.29) is 11.6 Å². The van der Waals surface area contributed by atoms with Crippen molar-refractivity contribution in [1.29, 1.82) is 0 Å². The van der Waals surface area contributed by atoms with E-state index in [1.807, 2.05) is 6.92 Å². The summed E-state index contributed by atoms with van der Waals surface area (Å²) in [6, 6.07) is 3.50. The number of thiazole rings is 1. The Hall–Kier alpha value is -1.70. The Bertz CT molecular complexity index is 650. The van der Waals surface area contributed by atoms with Gasteiger partial charge in [0.1, 0.15) is 5.82 Å². The number of aryl methyl sites for hydroxylation is 1. The van der Waals surface area contributed by atoms with E-state index in [0.29, 0.717) is 10.7 Å². The number of aliphatic hydroxyl groups is 1. The molecule has 1 aromatic heterocycles. The number of carbonyl (C=O) groups excluding carboxylic acids is 1. The Kier molecular flexibility index (Phi) is 5.11. The van der Waals surface area contributed by atoms with Gasteiger partial charge in [-0.25, -0.2) is 14.2 Å². The topological polar surface area (TPSA) is 74.2 Å². The van der Waals surface area contributed by atoms with Crippen LogP contribution in [-0.4, -0.2) is 22.7 Å². The molecule has 0 saturated carbocycles. The first-order valence-corrected chi connectivity index (χ1v) is 7.25. The minimum absolute atomic E-state index is 0.0178. The zero-order chi connectivity index (χ0) is 15.4. The van der Waals surface area contributed by atoms with Gasteiger partial charge in [-0.05, 0) is 24.6 Å². The van der Waals surface area contributed by atoms with Gasteiger partial charge in [0.15, 0.2) is 5.13 Å². The third-order valence-corrected chi connectivity index (χ3v) is 3.76. The van der Waals surface area contributed by atoms with Crippen molar-refractivity contribution in [3.63, 3.8) is 0 Å². The Morgan fingerprint density at radius 1 is 1.57 bits per heavy atom. The lowest BCUT2D eigenvalue weighted by Gasteiger charge is -2.12. The Labute approximate surface area is 129 Å². The van der Waals surface area contributed by atoms with Crippen molar-refractivity contribution >= 4 is 34.1 Å². The monoisotopic (exact) mass is 329 g/mol. The van der Waals surface area contributed by atoms with Crippen LogP contribution in [-0.2, 0) is 0 Å². The first kappa shape index (κ1) is 15.7. The molecular formula is C13H13ClFN3O2S. The summed E-state index contributed by atoms with van der Waals surface area (Å²) in [6.07, 6.45) is 0.617. The number of amides is 2. The molecule has 0 bridgehead atoms. The number of anilines is 1. The van der Waals surface area contributed by atoms with Crippen molar-refractivity contribution in [2.75, 3.05) is 11.9 Å². The molecule has 0 radical (unpaired) electrons. The van der Waals surface area contributed by atoms with E-state index in [0.717, 1.165) is 10.9 Å². The van der Waals surface area contributed by atoms with Gasteiger partial charge in [-0.3, -0.25) is 5.32 Å². The maximum atomic E-state index is 13.3. The molecule has 2 aromatic rings. The molecule has 2 rings (SSSR count). The molecule has 1 heterocycles. The van der Waals surface area contributed by atoms with Gasteiger partial charge in [-0.1, -0.05) is 17.7 Å². The van der Waals surface area contributed by atoms with E-state index in [9.17, 15) is 14.3 Å². The number of nitrogens with zero attached hydrogens (tertiary/aromatic N) is 1. The van der Waals surface area contributed by atoms with Gasteiger partial charge in [0.25, 0.3) is 0 Å². The number of benzene rings is 1. The molecule has 1 unspecified atom stereocenters. The van der Waals surface area contributed by atoms with Crippen LogP contribution in [0.4, 0.5) is 14.3 Å². The van der Waals surface area contributed by atoms with Gasteiger partial charge >= 0.3 is 6.03 Å². The number of nitrogens with one attached hydrogen (secondary N) is 2. The molecule has 112 valence electrons. The normalized spacial score (nSPS) is 12.0. The van der Waals surface area contributed by atoms with Crippen LogP contribution < -0.4 is 10.6 Å². The van der Waals surface area contributed by atoms with Gasteiger partial charge in [0.2, 0.25) is 0 Å². The number of hydrogen-bond acceptors (Lipinski definition) is 4. The maximum Gasteiger partial charge on any atom is 0.321 e. The zero-order valence-electron chi connectivity index (χ0n) is 11.1. The maximum absolute atomic E-state index is 13.3. The van der Waals surface area contributed by atoms with Gasteiger partial charge in [-0.2, -0.15) is 0 Å². The highest BCUT2D eigenvalue weighted by Crippen LogP contribution is 2.20. The third-order valence-electron chi connectivity index (χ3n) is 2.63. The largest absolute Gasteiger partial charge is 0.387 e. The average Bonchev–Trinajstić information content (AvgIpc) is 2.84. The third kappa shape index (κ3) is 4.38. The van der Waals surface area contributed by atoms with Crippen molar-refractivity contribution in [3.05, 3.63) is 45.7 Å². The molecule has 0 spiro atoms. The molecule has 0 aliphatic rings. The first-order valence-electron chi connectivity index (χ1n) is 6.06.